The van der Waals surface area contributed by atoms with Gasteiger partial charge in [-0.1, -0.05) is 0 Å². The highest BCUT2D eigenvalue weighted by molar-refractivity contribution is 5.58. The molecule has 0 atom stereocenters. The van der Waals surface area contributed by atoms with E-state index in [9.17, 15) is 4.79 Å². The Bertz CT molecular complexity index is 336. The normalized spacial score (nSPS) is 10.1. The maximum atomic E-state index is 11.0. The van der Waals surface area contributed by atoms with Crippen LogP contribution in [0.3, 0.4) is 0 Å². The number of aliphatic hydroxyl groups excluding tert-OH is 1. The molecule has 0 aliphatic rings. The maximum Gasteiger partial charge on any atom is 0.276 e. The number of nitrogens with one attached hydrogen (secondary N) is 2. The highest BCUT2D eigenvalue weighted by atomic mass is 16.2. The number of anilines is 2. The van der Waals surface area contributed by atoms with Crippen LogP contribution in [0.2, 0.25) is 0 Å². The van der Waals surface area contributed by atoms with Crippen LogP contribution in [0.15, 0.2) is 11.1 Å². The molecule has 0 spiro atoms. The number of hydrogen-bond acceptors (Lipinski definition) is 5. The van der Waals surface area contributed by atoms with Crippen LogP contribution in [0.1, 0.15) is 12.8 Å². The van der Waals surface area contributed by atoms with Gasteiger partial charge in [0.1, 0.15) is 5.69 Å². The number of unbranched alkanes of at least 4 members (excludes halogenated alkanes) is 1. The quantitative estimate of drug-likeness (QED) is 0.479. The third-order valence-electron chi connectivity index (χ3n) is 1.77. The molecule has 0 unspecified atom stereocenters. The monoisotopic (exact) mass is 198 g/mol. The Morgan fingerprint density at radius 2 is 2.36 bits per heavy atom. The zero-order valence-electron chi connectivity index (χ0n) is 7.79. The summed E-state index contributed by atoms with van der Waals surface area (Å²) in [5.41, 5.74) is 5.23. The van der Waals surface area contributed by atoms with Gasteiger partial charge in [0.15, 0.2) is 5.82 Å². The molecule has 0 aromatic carbocycles. The van der Waals surface area contributed by atoms with Crippen molar-refractivity contribution < 1.29 is 5.11 Å². The largest absolute Gasteiger partial charge is 0.396 e. The van der Waals surface area contributed by atoms with Crippen molar-refractivity contribution >= 4 is 11.5 Å². The van der Waals surface area contributed by atoms with E-state index in [0.29, 0.717) is 12.4 Å². The molecule has 0 bridgehead atoms. The molecule has 1 heterocycles. The van der Waals surface area contributed by atoms with Gasteiger partial charge in [-0.05, 0) is 12.8 Å². The minimum absolute atomic E-state index is 0.0940. The molecule has 1 rings (SSSR count). The van der Waals surface area contributed by atoms with Crippen molar-refractivity contribution in [2.45, 2.75) is 12.8 Å². The Morgan fingerprint density at radius 1 is 1.57 bits per heavy atom. The van der Waals surface area contributed by atoms with Gasteiger partial charge in [0.2, 0.25) is 0 Å². The molecule has 1 aromatic rings. The Hall–Kier alpha value is -1.56. The molecule has 6 nitrogen and oxygen atoms in total. The molecule has 0 fully saturated rings. The van der Waals surface area contributed by atoms with Crippen molar-refractivity contribution in [3.05, 3.63) is 16.7 Å². The molecule has 0 saturated carbocycles. The summed E-state index contributed by atoms with van der Waals surface area (Å²) in [5.74, 6) is 0.395. The number of hydrogen-bond donors (Lipinski definition) is 4. The van der Waals surface area contributed by atoms with E-state index in [-0.39, 0.29) is 17.9 Å². The van der Waals surface area contributed by atoms with Crippen LogP contribution >= 0.6 is 0 Å². The number of nitrogen functional groups attached to an aromatic ring is 1. The van der Waals surface area contributed by atoms with Crippen LogP contribution in [-0.4, -0.2) is 28.2 Å². The standard InChI is InChI=1S/C8H14N4O2/c9-6-7(10-3-1-2-4-13)11-5-12-8(6)14/h5,13H,1-4,9H2,(H2,10,11,12,14). The van der Waals surface area contributed by atoms with E-state index >= 15 is 0 Å². The van der Waals surface area contributed by atoms with E-state index in [2.05, 4.69) is 15.3 Å². The van der Waals surface area contributed by atoms with Crippen molar-refractivity contribution in [1.82, 2.24) is 9.97 Å². The number of aliphatic hydroxyl groups is 1. The minimum atomic E-state index is -0.343. The summed E-state index contributed by atoms with van der Waals surface area (Å²) < 4.78 is 0. The van der Waals surface area contributed by atoms with E-state index in [1.54, 1.807) is 0 Å². The van der Waals surface area contributed by atoms with Gasteiger partial charge in [-0.3, -0.25) is 4.79 Å². The van der Waals surface area contributed by atoms with Crippen LogP contribution < -0.4 is 16.6 Å². The first kappa shape index (κ1) is 10.5. The smallest absolute Gasteiger partial charge is 0.276 e. The highest BCUT2D eigenvalue weighted by Gasteiger charge is 2.02. The second-order valence-corrected chi connectivity index (χ2v) is 2.85. The van der Waals surface area contributed by atoms with Crippen LogP contribution in [0.4, 0.5) is 11.5 Å². The van der Waals surface area contributed by atoms with Crippen LogP contribution in [0, 0.1) is 0 Å². The minimum Gasteiger partial charge on any atom is -0.396 e. The molecule has 78 valence electrons. The van der Waals surface area contributed by atoms with E-state index < -0.39 is 0 Å². The third kappa shape index (κ3) is 2.74. The van der Waals surface area contributed by atoms with Gasteiger partial charge in [0.25, 0.3) is 5.56 Å². The summed E-state index contributed by atoms with van der Waals surface area (Å²) >= 11 is 0. The molecule has 0 aliphatic heterocycles. The number of rotatable bonds is 5. The average Bonchev–Trinajstić information content (AvgIpc) is 2.19. The molecule has 0 saturated heterocycles. The number of nitrogens with two attached hydrogens (primary N) is 1. The van der Waals surface area contributed by atoms with Gasteiger partial charge >= 0.3 is 0 Å². The fourth-order valence-corrected chi connectivity index (χ4v) is 0.995. The lowest BCUT2D eigenvalue weighted by molar-refractivity contribution is 0.286. The predicted octanol–water partition coefficient (Wildman–Crippen LogP) is -0.464. The molecular weight excluding hydrogens is 184 g/mol. The molecule has 0 aliphatic carbocycles. The topological polar surface area (TPSA) is 104 Å². The summed E-state index contributed by atoms with van der Waals surface area (Å²) in [4.78, 5) is 17.3. The summed E-state index contributed by atoms with van der Waals surface area (Å²) in [6, 6.07) is 0. The Balaban J connectivity index is 2.51. The number of nitrogens with zero attached hydrogens (tertiary/aromatic N) is 1. The molecule has 0 amide bonds. The second-order valence-electron chi connectivity index (χ2n) is 2.85. The highest BCUT2D eigenvalue weighted by Crippen LogP contribution is 2.06. The Kier molecular flexibility index (Phi) is 3.93. The van der Waals surface area contributed by atoms with Crippen LogP contribution in [0.5, 0.6) is 0 Å². The lowest BCUT2D eigenvalue weighted by atomic mass is 10.3. The van der Waals surface area contributed by atoms with Gasteiger partial charge in [-0.2, -0.15) is 0 Å². The SMILES string of the molecule is Nc1c(NCCCCO)nc[nH]c1=O. The summed E-state index contributed by atoms with van der Waals surface area (Å²) in [6.45, 7) is 0.807. The van der Waals surface area contributed by atoms with Crippen molar-refractivity contribution in [2.75, 3.05) is 24.2 Å². The summed E-state index contributed by atoms with van der Waals surface area (Å²) in [5, 5.41) is 11.5. The predicted molar refractivity (Wildman–Crippen MR) is 54.1 cm³/mol. The molecule has 1 aromatic heterocycles. The molecular formula is C8H14N4O2. The third-order valence-corrected chi connectivity index (χ3v) is 1.77. The van der Waals surface area contributed by atoms with Gasteiger partial charge in [-0.15, -0.1) is 0 Å². The fourth-order valence-electron chi connectivity index (χ4n) is 0.995. The zero-order chi connectivity index (χ0) is 10.4. The van der Waals surface area contributed by atoms with E-state index in [1.165, 1.54) is 6.33 Å². The summed E-state index contributed by atoms with van der Waals surface area (Å²) in [7, 11) is 0. The lowest BCUT2D eigenvalue weighted by Gasteiger charge is -2.05. The zero-order valence-corrected chi connectivity index (χ0v) is 7.79. The lowest BCUT2D eigenvalue weighted by Crippen LogP contribution is -2.16. The van der Waals surface area contributed by atoms with Crippen molar-refractivity contribution in [1.29, 1.82) is 0 Å². The molecule has 0 radical (unpaired) electrons. The van der Waals surface area contributed by atoms with E-state index in [1.807, 2.05) is 0 Å². The first-order valence-electron chi connectivity index (χ1n) is 4.43. The average molecular weight is 198 g/mol. The van der Waals surface area contributed by atoms with Crippen molar-refractivity contribution in [2.24, 2.45) is 0 Å². The fraction of sp³-hybridized carbons (Fsp3) is 0.500. The first-order valence-corrected chi connectivity index (χ1v) is 4.43. The molecule has 14 heavy (non-hydrogen) atoms. The van der Waals surface area contributed by atoms with Gasteiger partial charge in [-0.25, -0.2) is 4.98 Å². The van der Waals surface area contributed by atoms with E-state index in [4.69, 9.17) is 10.8 Å². The number of H-pyrrole nitrogens is 1. The van der Waals surface area contributed by atoms with Gasteiger partial charge in [0, 0.05) is 13.2 Å². The van der Waals surface area contributed by atoms with Crippen LogP contribution in [-0.2, 0) is 0 Å². The van der Waals surface area contributed by atoms with Crippen LogP contribution in [0.25, 0.3) is 0 Å². The Labute approximate surface area is 81.2 Å². The first-order chi connectivity index (χ1) is 6.75. The van der Waals surface area contributed by atoms with Crippen molar-refractivity contribution in [3.63, 3.8) is 0 Å². The van der Waals surface area contributed by atoms with Crippen molar-refractivity contribution in [3.8, 4) is 0 Å². The second kappa shape index (κ2) is 5.23. The Morgan fingerprint density at radius 3 is 3.07 bits per heavy atom. The summed E-state index contributed by atoms with van der Waals surface area (Å²) in [6.07, 6.45) is 2.83. The molecule has 6 heteroatoms. The number of aromatic nitrogens is 2. The van der Waals surface area contributed by atoms with E-state index in [0.717, 1.165) is 12.8 Å². The maximum absolute atomic E-state index is 11.0. The van der Waals surface area contributed by atoms with Gasteiger partial charge in [0.05, 0.1) is 6.33 Å². The molecule has 5 N–H and O–H groups in total. The number of aromatic amines is 1. The van der Waals surface area contributed by atoms with Gasteiger partial charge < -0.3 is 21.1 Å².